The van der Waals surface area contributed by atoms with Gasteiger partial charge in [0, 0.05) is 13.0 Å². The molecule has 0 aliphatic carbocycles. The number of nitrogens with zero attached hydrogens (tertiary/aromatic N) is 1. The average molecular weight is 296 g/mol. The van der Waals surface area contributed by atoms with Crippen molar-refractivity contribution in [2.75, 3.05) is 6.54 Å². The number of imide groups is 1. The number of hydrogen-bond donors (Lipinski definition) is 1. The van der Waals surface area contributed by atoms with Gasteiger partial charge in [-0.15, -0.1) is 0 Å². The van der Waals surface area contributed by atoms with Crippen LogP contribution in [0.1, 0.15) is 40.0 Å². The zero-order valence-electron chi connectivity index (χ0n) is 12.5. The molecular weight excluding hydrogens is 276 g/mol. The summed E-state index contributed by atoms with van der Waals surface area (Å²) < 4.78 is 4.96. The van der Waals surface area contributed by atoms with Gasteiger partial charge in [-0.1, -0.05) is 13.3 Å². The van der Waals surface area contributed by atoms with Crippen LogP contribution in [0.3, 0.4) is 0 Å². The Labute approximate surface area is 123 Å². The van der Waals surface area contributed by atoms with Gasteiger partial charge < -0.3 is 10.1 Å². The predicted octanol–water partition coefficient (Wildman–Crippen LogP) is 1.13. The number of Topliss-reactive ketones (excluding diaryl/α,β-unsaturated/α-hetero) is 1. The SMILES string of the molecule is CCCCN1C(=O)N/C(=C\C(=O)OC(C)CC(C)=O)C1=O. The minimum atomic E-state index is -0.759. The molecule has 21 heavy (non-hydrogen) atoms. The third-order valence-corrected chi connectivity index (χ3v) is 2.85. The second-order valence-electron chi connectivity index (χ2n) is 4.95. The Balaban J connectivity index is 2.64. The number of esters is 1. The van der Waals surface area contributed by atoms with E-state index in [4.69, 9.17) is 4.74 Å². The molecule has 3 amide bonds. The Hall–Kier alpha value is -2.18. The normalized spacial score (nSPS) is 17.9. The summed E-state index contributed by atoms with van der Waals surface area (Å²) in [5, 5.41) is 2.34. The van der Waals surface area contributed by atoms with Crippen LogP contribution in [0.25, 0.3) is 0 Å². The topological polar surface area (TPSA) is 92.8 Å². The van der Waals surface area contributed by atoms with Crippen LogP contribution in [-0.2, 0) is 19.1 Å². The van der Waals surface area contributed by atoms with Crippen LogP contribution in [-0.4, -0.2) is 41.2 Å². The first-order valence-electron chi connectivity index (χ1n) is 6.89. The molecule has 0 saturated carbocycles. The second kappa shape index (κ2) is 7.56. The van der Waals surface area contributed by atoms with Crippen molar-refractivity contribution in [1.29, 1.82) is 0 Å². The molecular formula is C14H20N2O5. The van der Waals surface area contributed by atoms with Crippen molar-refractivity contribution in [3.8, 4) is 0 Å². The van der Waals surface area contributed by atoms with Gasteiger partial charge in [-0.25, -0.2) is 9.59 Å². The minimum Gasteiger partial charge on any atom is -0.459 e. The number of rotatable bonds is 7. The summed E-state index contributed by atoms with van der Waals surface area (Å²) in [7, 11) is 0. The molecule has 1 saturated heterocycles. The molecule has 0 aromatic carbocycles. The van der Waals surface area contributed by atoms with Crippen molar-refractivity contribution in [1.82, 2.24) is 10.2 Å². The number of carbonyl (C=O) groups is 4. The van der Waals surface area contributed by atoms with Gasteiger partial charge in [0.25, 0.3) is 5.91 Å². The van der Waals surface area contributed by atoms with E-state index in [0.29, 0.717) is 13.0 Å². The Bertz CT molecular complexity index is 484. The van der Waals surface area contributed by atoms with Gasteiger partial charge in [0.15, 0.2) is 0 Å². The summed E-state index contributed by atoms with van der Waals surface area (Å²) in [6, 6.07) is -0.538. The maximum atomic E-state index is 11.9. The highest BCUT2D eigenvalue weighted by molar-refractivity contribution is 6.13. The van der Waals surface area contributed by atoms with Crippen molar-refractivity contribution in [2.24, 2.45) is 0 Å². The summed E-state index contributed by atoms with van der Waals surface area (Å²) in [6.45, 7) is 5.24. The van der Waals surface area contributed by atoms with E-state index in [-0.39, 0.29) is 17.9 Å². The van der Waals surface area contributed by atoms with Crippen LogP contribution in [0.15, 0.2) is 11.8 Å². The molecule has 1 fully saturated rings. The summed E-state index contributed by atoms with van der Waals surface area (Å²) in [6.07, 6.45) is 2.03. The zero-order valence-corrected chi connectivity index (χ0v) is 12.5. The first-order chi connectivity index (χ1) is 9.85. The number of ether oxygens (including phenoxy) is 1. The van der Waals surface area contributed by atoms with Gasteiger partial charge in [0.05, 0.1) is 6.08 Å². The van der Waals surface area contributed by atoms with Crippen LogP contribution >= 0.6 is 0 Å². The molecule has 0 aromatic heterocycles. The van der Waals surface area contributed by atoms with Gasteiger partial charge in [-0.05, 0) is 20.3 Å². The fourth-order valence-corrected chi connectivity index (χ4v) is 1.89. The zero-order chi connectivity index (χ0) is 16.0. The molecule has 0 radical (unpaired) electrons. The highest BCUT2D eigenvalue weighted by atomic mass is 16.5. The number of nitrogens with one attached hydrogen (secondary N) is 1. The lowest BCUT2D eigenvalue weighted by atomic mass is 10.2. The van der Waals surface area contributed by atoms with Crippen LogP contribution in [0.5, 0.6) is 0 Å². The van der Waals surface area contributed by atoms with Gasteiger partial charge >= 0.3 is 12.0 Å². The van der Waals surface area contributed by atoms with Crippen LogP contribution in [0, 0.1) is 0 Å². The van der Waals surface area contributed by atoms with Crippen molar-refractivity contribution in [2.45, 2.75) is 46.1 Å². The smallest absolute Gasteiger partial charge is 0.333 e. The molecule has 1 aliphatic rings. The molecule has 1 atom stereocenters. The van der Waals surface area contributed by atoms with Gasteiger partial charge in [0.2, 0.25) is 0 Å². The maximum Gasteiger partial charge on any atom is 0.333 e. The fraction of sp³-hybridized carbons (Fsp3) is 0.571. The molecule has 1 heterocycles. The Morgan fingerprint density at radius 2 is 2.05 bits per heavy atom. The standard InChI is InChI=1S/C14H20N2O5/c1-4-5-6-16-13(19)11(15-14(16)20)8-12(18)21-10(3)7-9(2)17/h8,10H,4-7H2,1-3H3,(H,15,20)/b11-8-. The highest BCUT2D eigenvalue weighted by Crippen LogP contribution is 2.11. The van der Waals surface area contributed by atoms with Gasteiger partial charge in [0.1, 0.15) is 17.6 Å². The van der Waals surface area contributed by atoms with Crippen LogP contribution in [0.4, 0.5) is 4.79 Å². The maximum absolute atomic E-state index is 11.9. The van der Waals surface area contributed by atoms with E-state index in [0.717, 1.165) is 17.4 Å². The number of hydrogen-bond acceptors (Lipinski definition) is 5. The molecule has 1 aliphatic heterocycles. The average Bonchev–Trinajstić information content (AvgIpc) is 2.61. The van der Waals surface area contributed by atoms with E-state index in [1.165, 1.54) is 6.92 Å². The first kappa shape index (κ1) is 16.9. The number of amides is 3. The molecule has 1 rings (SSSR count). The van der Waals surface area contributed by atoms with Crippen molar-refractivity contribution >= 4 is 23.7 Å². The summed E-state index contributed by atoms with van der Waals surface area (Å²) in [5.41, 5.74) is -0.101. The molecule has 1 N–H and O–H groups in total. The fourth-order valence-electron chi connectivity index (χ4n) is 1.89. The highest BCUT2D eigenvalue weighted by Gasteiger charge is 2.33. The Morgan fingerprint density at radius 3 is 2.62 bits per heavy atom. The number of urea groups is 1. The quantitative estimate of drug-likeness (QED) is 0.432. The largest absolute Gasteiger partial charge is 0.459 e. The summed E-state index contributed by atoms with van der Waals surface area (Å²) >= 11 is 0. The molecule has 0 bridgehead atoms. The van der Waals surface area contributed by atoms with Crippen molar-refractivity contribution in [3.05, 3.63) is 11.8 Å². The van der Waals surface area contributed by atoms with E-state index in [1.54, 1.807) is 6.92 Å². The van der Waals surface area contributed by atoms with Crippen LogP contribution in [0.2, 0.25) is 0 Å². The van der Waals surface area contributed by atoms with Crippen molar-refractivity contribution < 1.29 is 23.9 Å². The van der Waals surface area contributed by atoms with E-state index in [1.807, 2.05) is 6.92 Å². The molecule has 7 nitrogen and oxygen atoms in total. The number of carbonyl (C=O) groups excluding carboxylic acids is 4. The second-order valence-corrected chi connectivity index (χ2v) is 4.95. The number of unbranched alkanes of at least 4 members (excludes halogenated alkanes) is 1. The lowest BCUT2D eigenvalue weighted by Crippen LogP contribution is -2.31. The molecule has 1 unspecified atom stereocenters. The van der Waals surface area contributed by atoms with E-state index < -0.39 is 24.0 Å². The van der Waals surface area contributed by atoms with E-state index in [9.17, 15) is 19.2 Å². The van der Waals surface area contributed by atoms with E-state index >= 15 is 0 Å². The van der Waals surface area contributed by atoms with Crippen molar-refractivity contribution in [3.63, 3.8) is 0 Å². The summed E-state index contributed by atoms with van der Waals surface area (Å²) in [4.78, 5) is 47.1. The minimum absolute atomic E-state index is 0.0982. The monoisotopic (exact) mass is 296 g/mol. The molecule has 116 valence electrons. The van der Waals surface area contributed by atoms with Gasteiger partial charge in [-0.3, -0.25) is 14.5 Å². The molecule has 0 aromatic rings. The molecule has 7 heteroatoms. The lowest BCUT2D eigenvalue weighted by molar-refractivity contribution is -0.143. The van der Waals surface area contributed by atoms with E-state index in [2.05, 4.69) is 5.32 Å². The predicted molar refractivity (Wildman–Crippen MR) is 74.1 cm³/mol. The Kier molecular flexibility index (Phi) is 6.08. The lowest BCUT2D eigenvalue weighted by Gasteiger charge is -2.10. The third kappa shape index (κ3) is 5.02. The third-order valence-electron chi connectivity index (χ3n) is 2.85. The van der Waals surface area contributed by atoms with Crippen LogP contribution < -0.4 is 5.32 Å². The number of ketones is 1. The molecule has 0 spiro atoms. The Morgan fingerprint density at radius 1 is 1.38 bits per heavy atom. The van der Waals surface area contributed by atoms with Gasteiger partial charge in [-0.2, -0.15) is 0 Å². The summed E-state index contributed by atoms with van der Waals surface area (Å²) in [5.74, 6) is -1.40. The first-order valence-corrected chi connectivity index (χ1v) is 6.89.